The number of nitrogens with one attached hydrogen (secondary N) is 2. The van der Waals surface area contributed by atoms with E-state index in [0.29, 0.717) is 42.4 Å². The maximum absolute atomic E-state index is 13.2. The van der Waals surface area contributed by atoms with E-state index in [1.807, 2.05) is 12.1 Å². The van der Waals surface area contributed by atoms with Crippen LogP contribution in [0.15, 0.2) is 65.5 Å². The summed E-state index contributed by atoms with van der Waals surface area (Å²) in [5, 5.41) is 5.69. The van der Waals surface area contributed by atoms with E-state index >= 15 is 0 Å². The molecule has 2 aliphatic rings. The lowest BCUT2D eigenvalue weighted by atomic mass is 9.83. The van der Waals surface area contributed by atoms with Gasteiger partial charge in [-0.2, -0.15) is 0 Å². The Kier molecular flexibility index (Phi) is 6.37. The van der Waals surface area contributed by atoms with Crippen molar-refractivity contribution in [2.24, 2.45) is 5.92 Å². The molecule has 2 unspecified atom stereocenters. The third-order valence-corrected chi connectivity index (χ3v) is 6.78. The van der Waals surface area contributed by atoms with Crippen LogP contribution in [0.4, 0.5) is 16.2 Å². The summed E-state index contributed by atoms with van der Waals surface area (Å²) < 4.78 is 12.3. The summed E-state index contributed by atoms with van der Waals surface area (Å²) in [4.78, 5) is 40.7. The molecule has 0 aliphatic carbocycles. The first-order valence-electron chi connectivity index (χ1n) is 11.8. The van der Waals surface area contributed by atoms with Crippen molar-refractivity contribution in [1.82, 2.24) is 9.47 Å². The molecule has 1 saturated heterocycles. The van der Waals surface area contributed by atoms with Gasteiger partial charge in [0.1, 0.15) is 17.2 Å². The number of pyridine rings is 1. The summed E-state index contributed by atoms with van der Waals surface area (Å²) in [6, 6.07) is 17.4. The first-order chi connectivity index (χ1) is 17.4. The molecule has 2 bridgehead atoms. The Morgan fingerprint density at radius 2 is 1.61 bits per heavy atom. The molecular formula is C27H28N4O5. The fourth-order valence-corrected chi connectivity index (χ4v) is 5.07. The number of likely N-dealkylation sites (tertiary alicyclic amines) is 1. The van der Waals surface area contributed by atoms with Crippen molar-refractivity contribution in [1.29, 1.82) is 0 Å². The molecule has 5 rings (SSSR count). The zero-order valence-corrected chi connectivity index (χ0v) is 20.2. The van der Waals surface area contributed by atoms with E-state index in [2.05, 4.69) is 10.6 Å². The Balaban J connectivity index is 1.32. The number of nitrogens with zero attached hydrogens (tertiary/aromatic N) is 2. The Labute approximate surface area is 208 Å². The zero-order chi connectivity index (χ0) is 25.2. The van der Waals surface area contributed by atoms with E-state index in [-0.39, 0.29) is 35.0 Å². The second-order valence-corrected chi connectivity index (χ2v) is 9.14. The van der Waals surface area contributed by atoms with Gasteiger partial charge in [-0.25, -0.2) is 4.79 Å². The number of benzene rings is 2. The average Bonchev–Trinajstić information content (AvgIpc) is 2.90. The number of anilines is 2. The molecule has 0 saturated carbocycles. The van der Waals surface area contributed by atoms with Gasteiger partial charge < -0.3 is 29.6 Å². The molecule has 2 N–H and O–H groups in total. The average molecular weight is 489 g/mol. The number of hydrogen-bond donors (Lipinski definition) is 2. The van der Waals surface area contributed by atoms with Crippen LogP contribution >= 0.6 is 0 Å². The fraction of sp³-hybridized carbons (Fsp3) is 0.296. The molecule has 1 fully saturated rings. The standard InChI is InChI=1S/C27H28N4O5/c1-35-21-11-20(12-22(13-21)36-2)28-27(34)30-14-17-10-19(16-30)24-9-8-23(26(33)31(24)15-17)29-25(32)18-6-4-3-5-7-18/h3-9,11-13,17,19H,10,14-16H2,1-2H3,(H,28,34)(H,29,32). The van der Waals surface area contributed by atoms with Crippen molar-refractivity contribution >= 4 is 23.3 Å². The molecule has 2 atom stereocenters. The van der Waals surface area contributed by atoms with Crippen LogP contribution in [0.1, 0.15) is 28.4 Å². The van der Waals surface area contributed by atoms with E-state index in [1.54, 1.807) is 72.2 Å². The minimum Gasteiger partial charge on any atom is -0.497 e. The summed E-state index contributed by atoms with van der Waals surface area (Å²) in [5.74, 6) is 1.03. The smallest absolute Gasteiger partial charge is 0.321 e. The lowest BCUT2D eigenvalue weighted by Crippen LogP contribution is -2.50. The van der Waals surface area contributed by atoms with Gasteiger partial charge in [-0.1, -0.05) is 18.2 Å². The van der Waals surface area contributed by atoms with Crippen LogP contribution in [-0.4, -0.2) is 48.7 Å². The SMILES string of the molecule is COc1cc(NC(=O)N2CC3CC(C2)c2ccc(NC(=O)c4ccccc4)c(=O)n2C3)cc(OC)c1. The van der Waals surface area contributed by atoms with Crippen LogP contribution in [0, 0.1) is 5.92 Å². The monoisotopic (exact) mass is 488 g/mol. The van der Waals surface area contributed by atoms with Gasteiger partial charge in [0, 0.05) is 60.7 Å². The minimum absolute atomic E-state index is 0.0367. The number of rotatable bonds is 5. The van der Waals surface area contributed by atoms with Gasteiger partial charge in [0.2, 0.25) is 0 Å². The van der Waals surface area contributed by atoms with E-state index in [1.165, 1.54) is 0 Å². The number of aromatic nitrogens is 1. The van der Waals surface area contributed by atoms with Gasteiger partial charge in [0.15, 0.2) is 0 Å². The fourth-order valence-electron chi connectivity index (χ4n) is 5.07. The number of amides is 3. The Bertz CT molecular complexity index is 1330. The first kappa shape index (κ1) is 23.5. The molecule has 3 aromatic rings. The number of carbonyl (C=O) groups is 2. The van der Waals surface area contributed by atoms with Gasteiger partial charge in [0.25, 0.3) is 11.5 Å². The molecule has 2 aliphatic heterocycles. The molecule has 3 amide bonds. The molecule has 186 valence electrons. The van der Waals surface area contributed by atoms with Crippen molar-refractivity contribution < 1.29 is 19.1 Å². The third-order valence-electron chi connectivity index (χ3n) is 6.78. The largest absolute Gasteiger partial charge is 0.497 e. The maximum Gasteiger partial charge on any atom is 0.321 e. The zero-order valence-electron chi connectivity index (χ0n) is 20.2. The second kappa shape index (κ2) is 9.77. The Morgan fingerprint density at radius 1 is 0.889 bits per heavy atom. The summed E-state index contributed by atoms with van der Waals surface area (Å²) in [6.45, 7) is 1.53. The number of fused-ring (bicyclic) bond motifs is 4. The topological polar surface area (TPSA) is 102 Å². The summed E-state index contributed by atoms with van der Waals surface area (Å²) >= 11 is 0. The van der Waals surface area contributed by atoms with Crippen molar-refractivity contribution in [2.45, 2.75) is 18.9 Å². The highest BCUT2D eigenvalue weighted by Crippen LogP contribution is 2.36. The number of ether oxygens (including phenoxy) is 2. The van der Waals surface area contributed by atoms with Gasteiger partial charge in [-0.3, -0.25) is 9.59 Å². The molecule has 36 heavy (non-hydrogen) atoms. The summed E-state index contributed by atoms with van der Waals surface area (Å²) in [6.07, 6.45) is 0.909. The van der Waals surface area contributed by atoms with E-state index < -0.39 is 0 Å². The van der Waals surface area contributed by atoms with E-state index in [0.717, 1.165) is 12.1 Å². The van der Waals surface area contributed by atoms with Crippen LogP contribution < -0.4 is 25.7 Å². The van der Waals surface area contributed by atoms with Crippen molar-refractivity contribution in [3.05, 3.63) is 82.3 Å². The highest BCUT2D eigenvalue weighted by atomic mass is 16.5. The summed E-state index contributed by atoms with van der Waals surface area (Å²) in [7, 11) is 3.12. The van der Waals surface area contributed by atoms with Gasteiger partial charge in [-0.05, 0) is 36.6 Å². The van der Waals surface area contributed by atoms with Crippen LogP contribution in [0.25, 0.3) is 0 Å². The predicted molar refractivity (Wildman–Crippen MR) is 136 cm³/mol. The minimum atomic E-state index is -0.318. The number of piperidine rings is 1. The van der Waals surface area contributed by atoms with E-state index in [4.69, 9.17) is 9.47 Å². The van der Waals surface area contributed by atoms with Gasteiger partial charge in [-0.15, -0.1) is 0 Å². The molecule has 2 aromatic carbocycles. The van der Waals surface area contributed by atoms with Crippen LogP contribution in [-0.2, 0) is 6.54 Å². The predicted octanol–water partition coefficient (Wildman–Crippen LogP) is 3.77. The van der Waals surface area contributed by atoms with Crippen molar-refractivity contribution in [3.63, 3.8) is 0 Å². The Morgan fingerprint density at radius 3 is 2.31 bits per heavy atom. The molecule has 9 nitrogen and oxygen atoms in total. The maximum atomic E-state index is 13.2. The molecule has 0 radical (unpaired) electrons. The molecule has 3 heterocycles. The van der Waals surface area contributed by atoms with Crippen molar-refractivity contribution in [2.75, 3.05) is 37.9 Å². The lowest BCUT2D eigenvalue weighted by Gasteiger charge is -2.42. The number of urea groups is 1. The lowest BCUT2D eigenvalue weighted by molar-refractivity contribution is 0.102. The first-order valence-corrected chi connectivity index (χ1v) is 11.8. The highest BCUT2D eigenvalue weighted by Gasteiger charge is 2.37. The summed E-state index contributed by atoms with van der Waals surface area (Å²) in [5.41, 5.74) is 2.01. The van der Waals surface area contributed by atoms with Crippen LogP contribution in [0.5, 0.6) is 11.5 Å². The molecule has 0 spiro atoms. The molecular weight excluding hydrogens is 460 g/mol. The number of methoxy groups -OCH3 is 2. The van der Waals surface area contributed by atoms with Crippen molar-refractivity contribution in [3.8, 4) is 11.5 Å². The quantitative estimate of drug-likeness (QED) is 0.569. The normalized spacial score (nSPS) is 18.1. The van der Waals surface area contributed by atoms with Crippen LogP contribution in [0.2, 0.25) is 0 Å². The second-order valence-electron chi connectivity index (χ2n) is 9.14. The van der Waals surface area contributed by atoms with E-state index in [9.17, 15) is 14.4 Å². The number of hydrogen-bond acceptors (Lipinski definition) is 5. The van der Waals surface area contributed by atoms with Crippen LogP contribution in [0.3, 0.4) is 0 Å². The van der Waals surface area contributed by atoms with Gasteiger partial charge >= 0.3 is 6.03 Å². The molecule has 1 aromatic heterocycles. The van der Waals surface area contributed by atoms with Gasteiger partial charge in [0.05, 0.1) is 14.2 Å². The highest BCUT2D eigenvalue weighted by molar-refractivity contribution is 6.04. The Hall–Kier alpha value is -4.27. The molecule has 9 heteroatoms. The third kappa shape index (κ3) is 4.64. The number of carbonyl (C=O) groups excluding carboxylic acids is 2.